The van der Waals surface area contributed by atoms with E-state index in [4.69, 9.17) is 4.74 Å². The van der Waals surface area contributed by atoms with Crippen LogP contribution in [0.1, 0.15) is 19.4 Å². The number of carbonyl (C=O) groups is 2. The van der Waals surface area contributed by atoms with Crippen molar-refractivity contribution in [1.82, 2.24) is 8.86 Å². The molecular formula is C25H26N2O6S. The normalized spacial score (nSPS) is 22.9. The molecule has 178 valence electrons. The van der Waals surface area contributed by atoms with Crippen LogP contribution in [0.4, 0.5) is 0 Å². The highest BCUT2D eigenvalue weighted by molar-refractivity contribution is 7.15. The first-order valence-corrected chi connectivity index (χ1v) is 12.0. The minimum absolute atomic E-state index is 0.0174. The number of carbonyl (C=O) groups excluding carboxylic acids is 2. The Balaban J connectivity index is 1.64. The fourth-order valence-electron chi connectivity index (χ4n) is 5.49. The van der Waals surface area contributed by atoms with Gasteiger partial charge in [0.05, 0.1) is 41.8 Å². The fraction of sp³-hybridized carbons (Fsp3) is 0.400. The molecule has 3 aromatic rings. The second-order valence-corrected chi connectivity index (χ2v) is 10.0. The van der Waals surface area contributed by atoms with Gasteiger partial charge in [-0.15, -0.1) is 0 Å². The number of rotatable bonds is 6. The summed E-state index contributed by atoms with van der Waals surface area (Å²) in [5.41, 5.74) is 1.56. The molecule has 0 aliphatic carbocycles. The number of methoxy groups -OCH3 is 1. The first kappa shape index (κ1) is 22.8. The van der Waals surface area contributed by atoms with E-state index in [-0.39, 0.29) is 42.3 Å². The molecule has 5 rings (SSSR count). The zero-order chi connectivity index (χ0) is 24.3. The third-order valence-corrected chi connectivity index (χ3v) is 8.27. The summed E-state index contributed by atoms with van der Waals surface area (Å²) in [5.74, 6) is -1.72. The fourth-order valence-corrected chi connectivity index (χ4v) is 6.62. The van der Waals surface area contributed by atoms with Crippen LogP contribution in [0.5, 0.6) is 0 Å². The van der Waals surface area contributed by atoms with Gasteiger partial charge in [0.25, 0.3) is 5.56 Å². The third-order valence-electron chi connectivity index (χ3n) is 7.13. The number of ether oxygens (including phenoxy) is 1. The van der Waals surface area contributed by atoms with Gasteiger partial charge in [-0.3, -0.25) is 13.5 Å². The van der Waals surface area contributed by atoms with E-state index in [2.05, 4.69) is 0 Å². The highest BCUT2D eigenvalue weighted by Gasteiger charge is 2.59. The highest BCUT2D eigenvalue weighted by atomic mass is 32.1. The first-order chi connectivity index (χ1) is 16.3. The van der Waals surface area contributed by atoms with Gasteiger partial charge < -0.3 is 19.8 Å². The summed E-state index contributed by atoms with van der Waals surface area (Å²) in [4.78, 5) is 40.3. The van der Waals surface area contributed by atoms with Crippen LogP contribution in [-0.2, 0) is 27.3 Å². The molecule has 0 bridgehead atoms. The molecule has 1 aromatic heterocycles. The van der Waals surface area contributed by atoms with Crippen LogP contribution in [-0.4, -0.2) is 56.8 Å². The number of aliphatic hydroxyl groups excluding tert-OH is 2. The molecule has 9 heteroatoms. The number of amides is 1. The van der Waals surface area contributed by atoms with Crippen molar-refractivity contribution in [2.24, 2.45) is 11.8 Å². The van der Waals surface area contributed by atoms with Crippen molar-refractivity contribution in [1.29, 1.82) is 0 Å². The van der Waals surface area contributed by atoms with E-state index in [0.717, 1.165) is 21.0 Å². The van der Waals surface area contributed by atoms with Gasteiger partial charge in [-0.2, -0.15) is 0 Å². The summed E-state index contributed by atoms with van der Waals surface area (Å²) < 4.78 is 7.43. The molecule has 2 N–H and O–H groups in total. The van der Waals surface area contributed by atoms with Crippen molar-refractivity contribution in [3.8, 4) is 0 Å². The Morgan fingerprint density at radius 2 is 1.91 bits per heavy atom. The first-order valence-electron chi connectivity index (χ1n) is 11.3. The van der Waals surface area contributed by atoms with E-state index in [0.29, 0.717) is 17.4 Å². The van der Waals surface area contributed by atoms with Gasteiger partial charge in [0, 0.05) is 17.9 Å². The van der Waals surface area contributed by atoms with Crippen LogP contribution in [0.15, 0.2) is 46.4 Å². The van der Waals surface area contributed by atoms with Gasteiger partial charge in [0.1, 0.15) is 5.70 Å². The Morgan fingerprint density at radius 1 is 1.21 bits per heavy atom. The number of β-lactam (4-membered cyclic amide) rings is 1. The summed E-state index contributed by atoms with van der Waals surface area (Å²) in [6, 6.07) is 9.31. The number of aliphatic hydroxyl groups is 2. The molecule has 2 aromatic carbocycles. The molecule has 3 heterocycles. The lowest BCUT2D eigenvalue weighted by molar-refractivity contribution is -0.163. The number of nitrogens with zero attached hydrogens (tertiary/aromatic N) is 2. The maximum Gasteiger partial charge on any atom is 0.354 e. The van der Waals surface area contributed by atoms with Gasteiger partial charge in [-0.05, 0) is 35.9 Å². The van der Waals surface area contributed by atoms with E-state index in [1.807, 2.05) is 37.3 Å². The van der Waals surface area contributed by atoms with E-state index in [9.17, 15) is 24.6 Å². The van der Waals surface area contributed by atoms with Gasteiger partial charge in [0.2, 0.25) is 5.91 Å². The molecule has 34 heavy (non-hydrogen) atoms. The maximum atomic E-state index is 13.4. The van der Waals surface area contributed by atoms with E-state index < -0.39 is 18.0 Å². The van der Waals surface area contributed by atoms with Crippen molar-refractivity contribution in [3.63, 3.8) is 0 Å². The predicted molar refractivity (Wildman–Crippen MR) is 128 cm³/mol. The van der Waals surface area contributed by atoms with Gasteiger partial charge in [-0.25, -0.2) is 4.79 Å². The van der Waals surface area contributed by atoms with Gasteiger partial charge >= 0.3 is 5.97 Å². The van der Waals surface area contributed by atoms with Crippen LogP contribution in [0.25, 0.3) is 20.9 Å². The van der Waals surface area contributed by atoms with Crippen LogP contribution in [0, 0.1) is 11.8 Å². The Kier molecular flexibility index (Phi) is 5.58. The SMILES string of the molecule is COC(=O)C1=C(Cn2sc3c(cc(CCO)c4ccccc43)c2=O)C(C)C2C(C(C)O)C(=O)N12. The van der Waals surface area contributed by atoms with Crippen molar-refractivity contribution in [2.75, 3.05) is 13.7 Å². The maximum absolute atomic E-state index is 13.4. The number of benzene rings is 2. The average Bonchev–Trinajstić information content (AvgIpc) is 3.26. The van der Waals surface area contributed by atoms with Crippen LogP contribution < -0.4 is 5.56 Å². The summed E-state index contributed by atoms with van der Waals surface area (Å²) >= 11 is 1.32. The molecule has 2 aliphatic rings. The lowest BCUT2D eigenvalue weighted by Gasteiger charge is -2.46. The molecule has 0 spiro atoms. The molecule has 4 atom stereocenters. The topological polar surface area (TPSA) is 109 Å². The standard InChI is InChI=1S/C25H26N2O6S/c1-12-18(21(25(32)33-3)27-20(12)19(13(2)29)24(27)31)11-26-23(30)17-10-14(8-9-28)15-6-4-5-7-16(15)22(17)34-26/h4-7,10,12-13,19-20,28-29H,8-9,11H2,1-3H3. The zero-order valence-electron chi connectivity index (χ0n) is 19.1. The Labute approximate surface area is 199 Å². The van der Waals surface area contributed by atoms with Crippen molar-refractivity contribution >= 4 is 44.3 Å². The van der Waals surface area contributed by atoms with Crippen LogP contribution >= 0.6 is 11.5 Å². The number of aromatic nitrogens is 1. The molecule has 1 saturated heterocycles. The molecule has 1 fully saturated rings. The van der Waals surface area contributed by atoms with Crippen molar-refractivity contribution < 1.29 is 24.5 Å². The van der Waals surface area contributed by atoms with Gasteiger partial charge in [0.15, 0.2) is 0 Å². The Hall–Kier alpha value is -3.01. The quantitative estimate of drug-likeness (QED) is 0.411. The van der Waals surface area contributed by atoms with Crippen LogP contribution in [0.2, 0.25) is 0 Å². The molecular weight excluding hydrogens is 456 g/mol. The molecule has 1 amide bonds. The lowest BCUT2D eigenvalue weighted by Crippen LogP contribution is -2.63. The van der Waals surface area contributed by atoms with E-state index >= 15 is 0 Å². The average molecular weight is 483 g/mol. The Bertz CT molecular complexity index is 1420. The van der Waals surface area contributed by atoms with Crippen LogP contribution in [0.3, 0.4) is 0 Å². The number of hydrogen-bond acceptors (Lipinski definition) is 7. The predicted octanol–water partition coefficient (Wildman–Crippen LogP) is 2.04. The summed E-state index contributed by atoms with van der Waals surface area (Å²) in [6.45, 7) is 3.63. The second kappa shape index (κ2) is 8.33. The highest BCUT2D eigenvalue weighted by Crippen LogP contribution is 2.48. The van der Waals surface area contributed by atoms with E-state index in [1.54, 1.807) is 10.9 Å². The number of fused-ring (bicyclic) bond motifs is 4. The second-order valence-electron chi connectivity index (χ2n) is 8.98. The number of esters is 1. The molecule has 0 saturated carbocycles. The molecule has 2 aliphatic heterocycles. The molecule has 0 radical (unpaired) electrons. The molecule has 4 unspecified atom stereocenters. The monoisotopic (exact) mass is 482 g/mol. The minimum atomic E-state index is -0.835. The smallest absolute Gasteiger partial charge is 0.354 e. The number of hydrogen-bond donors (Lipinski definition) is 2. The van der Waals surface area contributed by atoms with E-state index in [1.165, 1.54) is 23.5 Å². The molecule has 8 nitrogen and oxygen atoms in total. The minimum Gasteiger partial charge on any atom is -0.464 e. The van der Waals surface area contributed by atoms with Crippen molar-refractivity contribution in [2.45, 2.75) is 39.0 Å². The Morgan fingerprint density at radius 3 is 2.56 bits per heavy atom. The largest absolute Gasteiger partial charge is 0.464 e. The zero-order valence-corrected chi connectivity index (χ0v) is 20.0. The summed E-state index contributed by atoms with van der Waals surface area (Å²) in [5, 5.41) is 22.1. The lowest BCUT2D eigenvalue weighted by atomic mass is 9.78. The summed E-state index contributed by atoms with van der Waals surface area (Å²) in [7, 11) is 1.27. The summed E-state index contributed by atoms with van der Waals surface area (Å²) in [6.07, 6.45) is -0.391. The third kappa shape index (κ3) is 3.14. The van der Waals surface area contributed by atoms with Gasteiger partial charge in [-0.1, -0.05) is 42.7 Å². The van der Waals surface area contributed by atoms with Crippen molar-refractivity contribution in [3.05, 3.63) is 57.5 Å².